The Labute approximate surface area is 129 Å². The van der Waals surface area contributed by atoms with Crippen LogP contribution in [0, 0.1) is 0 Å². The maximum atomic E-state index is 4.57. The normalized spacial score (nSPS) is 11.5. The molecule has 0 aliphatic carbocycles. The van der Waals surface area contributed by atoms with Gasteiger partial charge in [-0.2, -0.15) is 0 Å². The summed E-state index contributed by atoms with van der Waals surface area (Å²) in [5, 5.41) is 0. The molecule has 0 saturated carbocycles. The Bertz CT molecular complexity index is 926. The Morgan fingerprint density at radius 2 is 2.14 bits per heavy atom. The van der Waals surface area contributed by atoms with Crippen molar-refractivity contribution < 1.29 is 0 Å². The lowest BCUT2D eigenvalue weighted by Gasteiger charge is -2.03. The van der Waals surface area contributed by atoms with Crippen LogP contribution in [-0.4, -0.2) is 25.8 Å². The van der Waals surface area contributed by atoms with Gasteiger partial charge in [-0.25, -0.2) is 15.0 Å². The van der Waals surface area contributed by atoms with Gasteiger partial charge in [0.05, 0.1) is 23.1 Å². The van der Waals surface area contributed by atoms with E-state index in [1.807, 2.05) is 18.5 Å². The summed E-state index contributed by atoms with van der Waals surface area (Å²) in [7, 11) is 0. The summed E-state index contributed by atoms with van der Waals surface area (Å²) < 4.78 is 4.42. The molecule has 4 nitrogen and oxygen atoms in total. The lowest BCUT2D eigenvalue weighted by atomic mass is 10.2. The average Bonchev–Trinajstić information content (AvgIpc) is 3.11. The summed E-state index contributed by atoms with van der Waals surface area (Å²) in [6.07, 6.45) is 5.71. The van der Waals surface area contributed by atoms with Gasteiger partial charge < -0.3 is 4.57 Å². The molecule has 3 aromatic heterocycles. The van der Waals surface area contributed by atoms with Crippen LogP contribution in [0.5, 0.6) is 0 Å². The van der Waals surface area contributed by atoms with E-state index in [4.69, 9.17) is 0 Å². The van der Waals surface area contributed by atoms with Crippen molar-refractivity contribution in [1.29, 1.82) is 0 Å². The number of rotatable bonds is 3. The van der Waals surface area contributed by atoms with Crippen LogP contribution < -0.4 is 0 Å². The second-order valence-electron chi connectivity index (χ2n) is 4.70. The van der Waals surface area contributed by atoms with E-state index in [0.717, 1.165) is 27.6 Å². The van der Waals surface area contributed by atoms with Gasteiger partial charge in [0.2, 0.25) is 0 Å². The number of fused-ring (bicyclic) bond motifs is 2. The van der Waals surface area contributed by atoms with Gasteiger partial charge in [-0.1, -0.05) is 17.8 Å². The first-order chi connectivity index (χ1) is 10.3. The van der Waals surface area contributed by atoms with Crippen LogP contribution in [0.1, 0.15) is 5.56 Å². The lowest BCUT2D eigenvalue weighted by Crippen LogP contribution is -1.98. The van der Waals surface area contributed by atoms with E-state index in [9.17, 15) is 0 Å². The van der Waals surface area contributed by atoms with Crippen molar-refractivity contribution in [2.45, 2.75) is 10.9 Å². The van der Waals surface area contributed by atoms with Gasteiger partial charge >= 0.3 is 0 Å². The van der Waals surface area contributed by atoms with E-state index in [-0.39, 0.29) is 0 Å². The summed E-state index contributed by atoms with van der Waals surface area (Å²) in [5.41, 5.74) is 4.17. The molecule has 1 aromatic carbocycles. The van der Waals surface area contributed by atoms with E-state index < -0.39 is 0 Å². The number of hydrogen-bond acceptors (Lipinski definition) is 5. The second kappa shape index (κ2) is 5.13. The number of nitrogens with zero attached hydrogens (tertiary/aromatic N) is 4. The number of hydrogen-bond donors (Lipinski definition) is 0. The lowest BCUT2D eigenvalue weighted by molar-refractivity contribution is 0.815. The average molecular weight is 312 g/mol. The van der Waals surface area contributed by atoms with Gasteiger partial charge in [-0.05, 0) is 36.1 Å². The highest BCUT2D eigenvalue weighted by atomic mass is 32.2. The molecule has 6 heteroatoms. The van der Waals surface area contributed by atoms with Crippen LogP contribution >= 0.6 is 23.1 Å². The highest BCUT2D eigenvalue weighted by Crippen LogP contribution is 2.29. The van der Waals surface area contributed by atoms with Crippen LogP contribution in [0.25, 0.3) is 21.4 Å². The maximum Gasteiger partial charge on any atom is 0.160 e. The molecule has 0 atom stereocenters. The van der Waals surface area contributed by atoms with E-state index in [2.05, 4.69) is 44.0 Å². The number of thiazole rings is 1. The summed E-state index contributed by atoms with van der Waals surface area (Å²) in [6.45, 7) is 0.774. The third kappa shape index (κ3) is 2.30. The fourth-order valence-corrected chi connectivity index (χ4v) is 3.90. The van der Waals surface area contributed by atoms with Crippen molar-refractivity contribution >= 4 is 44.5 Å². The molecule has 4 aromatic rings. The first-order valence-electron chi connectivity index (χ1n) is 6.53. The minimum absolute atomic E-state index is 0.774. The largest absolute Gasteiger partial charge is 0.311 e. The standard InChI is InChI=1S/C15H12N4S2/c1-20-15-18-11-5-4-10(7-13(11)21-15)8-19-9-17-12-3-2-6-16-14(12)19/h2-7,9H,8H2,1H3. The molecule has 0 fully saturated rings. The molecule has 0 unspecified atom stereocenters. The van der Waals surface area contributed by atoms with Crippen LogP contribution in [-0.2, 0) is 6.54 Å². The minimum atomic E-state index is 0.774. The first-order valence-corrected chi connectivity index (χ1v) is 8.57. The SMILES string of the molecule is CSc1nc2ccc(Cn3cnc4cccnc43)cc2s1. The highest BCUT2D eigenvalue weighted by molar-refractivity contribution is 8.00. The van der Waals surface area contributed by atoms with Crippen molar-refractivity contribution in [3.8, 4) is 0 Å². The molecule has 0 bridgehead atoms. The summed E-state index contributed by atoms with van der Waals surface area (Å²) in [5.74, 6) is 0. The summed E-state index contributed by atoms with van der Waals surface area (Å²) in [6, 6.07) is 10.3. The Kier molecular flexibility index (Phi) is 3.12. The first kappa shape index (κ1) is 12.8. The Hall–Kier alpha value is -1.92. The van der Waals surface area contributed by atoms with Crippen molar-refractivity contribution in [2.75, 3.05) is 6.26 Å². The molecule has 0 spiro atoms. The molecule has 0 saturated heterocycles. The van der Waals surface area contributed by atoms with Gasteiger partial charge in [0.1, 0.15) is 5.52 Å². The van der Waals surface area contributed by atoms with Gasteiger partial charge in [-0.15, -0.1) is 11.3 Å². The van der Waals surface area contributed by atoms with Gasteiger partial charge in [0.15, 0.2) is 9.99 Å². The monoisotopic (exact) mass is 312 g/mol. The quantitative estimate of drug-likeness (QED) is 0.540. The van der Waals surface area contributed by atoms with E-state index in [0.29, 0.717) is 0 Å². The fraction of sp³-hybridized carbons (Fsp3) is 0.133. The van der Waals surface area contributed by atoms with E-state index in [1.54, 1.807) is 29.3 Å². The molecule has 104 valence electrons. The van der Waals surface area contributed by atoms with Crippen molar-refractivity contribution in [3.05, 3.63) is 48.4 Å². The number of imidazole rings is 1. The van der Waals surface area contributed by atoms with Gasteiger partial charge in [0, 0.05) is 6.20 Å². The van der Waals surface area contributed by atoms with Gasteiger partial charge in [0.25, 0.3) is 0 Å². The molecular weight excluding hydrogens is 300 g/mol. The number of thioether (sulfide) groups is 1. The number of aromatic nitrogens is 4. The molecular formula is C15H12N4S2. The molecule has 4 rings (SSSR count). The predicted molar refractivity (Wildman–Crippen MR) is 88.0 cm³/mol. The topological polar surface area (TPSA) is 43.6 Å². The van der Waals surface area contributed by atoms with Gasteiger partial charge in [-0.3, -0.25) is 0 Å². The van der Waals surface area contributed by atoms with Crippen LogP contribution in [0.3, 0.4) is 0 Å². The molecule has 0 amide bonds. The third-order valence-corrected chi connectivity index (χ3v) is 5.34. The highest BCUT2D eigenvalue weighted by Gasteiger charge is 2.07. The fourth-order valence-electron chi connectivity index (χ4n) is 2.34. The third-order valence-electron chi connectivity index (χ3n) is 3.34. The van der Waals surface area contributed by atoms with Crippen LogP contribution in [0.15, 0.2) is 47.2 Å². The Morgan fingerprint density at radius 3 is 3.05 bits per heavy atom. The molecule has 0 N–H and O–H groups in total. The Morgan fingerprint density at radius 1 is 1.19 bits per heavy atom. The predicted octanol–water partition coefficient (Wildman–Crippen LogP) is 3.81. The van der Waals surface area contributed by atoms with Crippen molar-refractivity contribution in [1.82, 2.24) is 19.5 Å². The van der Waals surface area contributed by atoms with E-state index in [1.165, 1.54) is 10.3 Å². The molecule has 21 heavy (non-hydrogen) atoms. The zero-order valence-electron chi connectivity index (χ0n) is 11.4. The molecule has 0 radical (unpaired) electrons. The molecule has 3 heterocycles. The minimum Gasteiger partial charge on any atom is -0.311 e. The van der Waals surface area contributed by atoms with Crippen LogP contribution in [0.2, 0.25) is 0 Å². The zero-order valence-corrected chi connectivity index (χ0v) is 13.0. The molecule has 0 aliphatic rings. The van der Waals surface area contributed by atoms with Crippen LogP contribution in [0.4, 0.5) is 0 Å². The second-order valence-corrected chi connectivity index (χ2v) is 6.79. The summed E-state index contributed by atoms with van der Waals surface area (Å²) in [4.78, 5) is 13.4. The summed E-state index contributed by atoms with van der Waals surface area (Å²) >= 11 is 3.43. The smallest absolute Gasteiger partial charge is 0.160 e. The maximum absolute atomic E-state index is 4.57. The van der Waals surface area contributed by atoms with Crippen molar-refractivity contribution in [3.63, 3.8) is 0 Å². The molecule has 0 aliphatic heterocycles. The zero-order chi connectivity index (χ0) is 14.2. The van der Waals surface area contributed by atoms with Crippen molar-refractivity contribution in [2.24, 2.45) is 0 Å². The number of pyridine rings is 1. The van der Waals surface area contributed by atoms with E-state index >= 15 is 0 Å². The Balaban J connectivity index is 1.73. The number of benzene rings is 1.